The highest BCUT2D eigenvalue weighted by atomic mass is 32.2. The van der Waals surface area contributed by atoms with Crippen LogP contribution in [0, 0.1) is 10.1 Å². The van der Waals surface area contributed by atoms with Crippen LogP contribution in [0.1, 0.15) is 19.3 Å². The van der Waals surface area contributed by atoms with Crippen molar-refractivity contribution in [1.82, 2.24) is 0 Å². The second kappa shape index (κ2) is 4.85. The molecule has 1 fully saturated rings. The average Bonchev–Trinajstić information content (AvgIpc) is 2.74. The van der Waals surface area contributed by atoms with Gasteiger partial charge in [-0.3, -0.25) is 10.1 Å². The molecule has 100 valence electrons. The van der Waals surface area contributed by atoms with Gasteiger partial charge in [0, 0.05) is 25.4 Å². The summed E-state index contributed by atoms with van der Waals surface area (Å²) in [6, 6.07) is 1.17. The molecule has 0 radical (unpaired) electrons. The molecule has 0 unspecified atom stereocenters. The molecule has 1 aromatic rings. The van der Waals surface area contributed by atoms with Gasteiger partial charge in [0.2, 0.25) is 0 Å². The predicted octanol–water partition coefficient (Wildman–Crippen LogP) is 2.05. The van der Waals surface area contributed by atoms with Crippen molar-refractivity contribution < 1.29 is 13.3 Å². The molecule has 0 aromatic carbocycles. The van der Waals surface area contributed by atoms with E-state index in [1.54, 1.807) is 0 Å². The van der Waals surface area contributed by atoms with Crippen LogP contribution in [0.15, 0.2) is 10.3 Å². The maximum atomic E-state index is 11.5. The first-order valence-electron chi connectivity index (χ1n) is 5.63. The summed E-state index contributed by atoms with van der Waals surface area (Å²) in [4.78, 5) is 12.4. The Labute approximate surface area is 109 Å². The molecule has 0 bridgehead atoms. The minimum Gasteiger partial charge on any atom is -0.358 e. The minimum absolute atomic E-state index is 0.0646. The van der Waals surface area contributed by atoms with Crippen molar-refractivity contribution in [3.8, 4) is 0 Å². The van der Waals surface area contributed by atoms with Crippen molar-refractivity contribution in [2.75, 3.05) is 24.2 Å². The molecule has 1 aliphatic heterocycles. The van der Waals surface area contributed by atoms with Gasteiger partial charge in [-0.2, -0.15) is 0 Å². The van der Waals surface area contributed by atoms with Gasteiger partial charge in [0.05, 0.1) is 4.92 Å². The molecule has 2 heterocycles. The molecule has 18 heavy (non-hydrogen) atoms. The maximum Gasteiger partial charge on any atom is 0.305 e. The van der Waals surface area contributed by atoms with Gasteiger partial charge in [-0.1, -0.05) is 11.3 Å². The number of piperidine rings is 1. The third kappa shape index (κ3) is 2.64. The third-order valence-corrected chi connectivity index (χ3v) is 5.86. The molecule has 0 aliphatic carbocycles. The highest BCUT2D eigenvalue weighted by Gasteiger charge is 2.27. The Kier molecular flexibility index (Phi) is 3.58. The quantitative estimate of drug-likeness (QED) is 0.628. The molecule has 0 spiro atoms. The molecule has 1 aromatic heterocycles. The molecule has 8 heteroatoms. The van der Waals surface area contributed by atoms with Gasteiger partial charge in [-0.05, 0) is 19.3 Å². The molecular formula is C10H14N2O4S2. The number of hydrogen-bond acceptors (Lipinski definition) is 6. The first-order chi connectivity index (χ1) is 8.39. The Balaban J connectivity index is 2.44. The van der Waals surface area contributed by atoms with E-state index in [4.69, 9.17) is 0 Å². The molecule has 1 aliphatic rings. The Bertz CT molecular complexity index is 558. The lowest BCUT2D eigenvalue weighted by atomic mass is 10.1. The molecule has 6 nitrogen and oxygen atoms in total. The van der Waals surface area contributed by atoms with E-state index < -0.39 is 14.8 Å². The molecule has 0 amide bonds. The van der Waals surface area contributed by atoms with Crippen LogP contribution in [-0.2, 0) is 9.84 Å². The minimum atomic E-state index is -3.39. The van der Waals surface area contributed by atoms with Gasteiger partial charge in [0.15, 0.2) is 14.8 Å². The van der Waals surface area contributed by atoms with Crippen LogP contribution in [0.5, 0.6) is 0 Å². The van der Waals surface area contributed by atoms with Gasteiger partial charge in [0.25, 0.3) is 0 Å². The van der Waals surface area contributed by atoms with Crippen molar-refractivity contribution in [2.24, 2.45) is 0 Å². The van der Waals surface area contributed by atoms with Crippen LogP contribution in [0.2, 0.25) is 0 Å². The summed E-state index contributed by atoms with van der Waals surface area (Å²) in [5.41, 5.74) is -0.0951. The highest BCUT2D eigenvalue weighted by Crippen LogP contribution is 2.40. The average molecular weight is 290 g/mol. The predicted molar refractivity (Wildman–Crippen MR) is 70.1 cm³/mol. The summed E-state index contributed by atoms with van der Waals surface area (Å²) >= 11 is 0.998. The zero-order valence-electron chi connectivity index (χ0n) is 9.96. The van der Waals surface area contributed by atoms with Gasteiger partial charge in [0.1, 0.15) is 4.21 Å². The maximum absolute atomic E-state index is 11.5. The van der Waals surface area contributed by atoms with E-state index >= 15 is 0 Å². The fourth-order valence-corrected chi connectivity index (χ4v) is 4.07. The van der Waals surface area contributed by atoms with Crippen LogP contribution in [-0.4, -0.2) is 32.7 Å². The third-order valence-electron chi connectivity index (χ3n) is 2.88. The number of rotatable bonds is 3. The van der Waals surface area contributed by atoms with E-state index in [9.17, 15) is 18.5 Å². The van der Waals surface area contributed by atoms with Gasteiger partial charge < -0.3 is 4.90 Å². The normalized spacial score (nSPS) is 16.8. The summed E-state index contributed by atoms with van der Waals surface area (Å²) in [5, 5.41) is 11.5. The topological polar surface area (TPSA) is 80.5 Å². The van der Waals surface area contributed by atoms with Gasteiger partial charge in [-0.15, -0.1) is 0 Å². The molecule has 1 saturated heterocycles. The Morgan fingerprint density at radius 3 is 2.44 bits per heavy atom. The van der Waals surface area contributed by atoms with Crippen molar-refractivity contribution in [3.63, 3.8) is 0 Å². The molecular weight excluding hydrogens is 276 g/mol. The zero-order chi connectivity index (χ0) is 13.3. The number of nitro groups is 1. The van der Waals surface area contributed by atoms with Crippen molar-refractivity contribution in [2.45, 2.75) is 23.5 Å². The zero-order valence-corrected chi connectivity index (χ0v) is 11.6. The second-order valence-electron chi connectivity index (χ2n) is 4.33. The van der Waals surface area contributed by atoms with Crippen molar-refractivity contribution in [3.05, 3.63) is 16.2 Å². The van der Waals surface area contributed by atoms with Crippen LogP contribution in [0.4, 0.5) is 10.7 Å². The lowest BCUT2D eigenvalue weighted by Crippen LogP contribution is -2.29. The van der Waals surface area contributed by atoms with E-state index in [0.717, 1.165) is 49.9 Å². The summed E-state index contributed by atoms with van der Waals surface area (Å²) in [6.45, 7) is 1.51. The number of sulfone groups is 1. The van der Waals surface area contributed by atoms with E-state index in [2.05, 4.69) is 0 Å². The van der Waals surface area contributed by atoms with Gasteiger partial charge >= 0.3 is 5.69 Å². The van der Waals surface area contributed by atoms with Crippen molar-refractivity contribution >= 4 is 31.9 Å². The van der Waals surface area contributed by atoms with E-state index in [1.807, 2.05) is 4.90 Å². The summed E-state index contributed by atoms with van der Waals surface area (Å²) in [6.07, 6.45) is 4.17. The molecule has 2 rings (SSSR count). The first kappa shape index (κ1) is 13.3. The number of thiophene rings is 1. The van der Waals surface area contributed by atoms with Crippen LogP contribution >= 0.6 is 11.3 Å². The Hall–Kier alpha value is -1.15. The standard InChI is InChI=1S/C10H14N2O4S2/c1-18(15,16)9-7-8(12(13)14)10(17-9)11-5-3-2-4-6-11/h7H,2-6H2,1H3. The fourth-order valence-electron chi connectivity index (χ4n) is 1.99. The first-order valence-corrected chi connectivity index (χ1v) is 8.33. The van der Waals surface area contributed by atoms with Crippen LogP contribution in [0.3, 0.4) is 0 Å². The largest absolute Gasteiger partial charge is 0.358 e. The Morgan fingerprint density at radius 1 is 1.33 bits per heavy atom. The van der Waals surface area contributed by atoms with Crippen LogP contribution in [0.25, 0.3) is 0 Å². The second-order valence-corrected chi connectivity index (χ2v) is 7.61. The van der Waals surface area contributed by atoms with Gasteiger partial charge in [-0.25, -0.2) is 8.42 Å². The fraction of sp³-hybridized carbons (Fsp3) is 0.600. The SMILES string of the molecule is CS(=O)(=O)c1cc([N+](=O)[O-])c(N2CCCCC2)s1. The van der Waals surface area contributed by atoms with Crippen molar-refractivity contribution in [1.29, 1.82) is 0 Å². The lowest BCUT2D eigenvalue weighted by molar-refractivity contribution is -0.383. The number of hydrogen-bond donors (Lipinski definition) is 0. The monoisotopic (exact) mass is 290 g/mol. The van der Waals surface area contributed by atoms with E-state index in [1.165, 1.54) is 6.07 Å². The molecule has 0 saturated carbocycles. The number of nitrogens with zero attached hydrogens (tertiary/aromatic N) is 2. The lowest BCUT2D eigenvalue weighted by Gasteiger charge is -2.26. The summed E-state index contributed by atoms with van der Waals surface area (Å²) < 4.78 is 23.0. The highest BCUT2D eigenvalue weighted by molar-refractivity contribution is 7.92. The Morgan fingerprint density at radius 2 is 1.94 bits per heavy atom. The smallest absolute Gasteiger partial charge is 0.305 e. The number of anilines is 1. The van der Waals surface area contributed by atoms with E-state index in [-0.39, 0.29) is 9.90 Å². The molecule has 0 atom stereocenters. The summed E-state index contributed by atoms with van der Waals surface area (Å²) in [5.74, 6) is 0. The molecule has 0 N–H and O–H groups in total. The van der Waals surface area contributed by atoms with E-state index in [0.29, 0.717) is 5.00 Å². The summed E-state index contributed by atoms with van der Waals surface area (Å²) in [7, 11) is -3.39. The van der Waals surface area contributed by atoms with Crippen LogP contribution < -0.4 is 4.90 Å².